The summed E-state index contributed by atoms with van der Waals surface area (Å²) in [6.07, 6.45) is 0.229. The molecule has 1 unspecified atom stereocenters. The zero-order chi connectivity index (χ0) is 31.0. The Labute approximate surface area is 263 Å². The Hall–Kier alpha value is -3.85. The number of benzene rings is 4. The molecule has 2 amide bonds. The van der Waals surface area contributed by atoms with Crippen LogP contribution in [0.4, 0.5) is 5.69 Å². The van der Waals surface area contributed by atoms with Gasteiger partial charge < -0.3 is 10.2 Å². The highest BCUT2D eigenvalue weighted by Crippen LogP contribution is 2.30. The van der Waals surface area contributed by atoms with Gasteiger partial charge in [-0.3, -0.25) is 13.9 Å². The van der Waals surface area contributed by atoms with Crippen LogP contribution in [-0.4, -0.2) is 43.8 Å². The second-order valence-electron chi connectivity index (χ2n) is 10.3. The predicted molar refractivity (Wildman–Crippen MR) is 172 cm³/mol. The second-order valence-corrected chi connectivity index (χ2v) is 13.1. The Kier molecular flexibility index (Phi) is 10.9. The third-order valence-corrected chi connectivity index (χ3v) is 8.87. The minimum absolute atomic E-state index is 0.00751. The van der Waals surface area contributed by atoms with Crippen LogP contribution in [0.5, 0.6) is 0 Å². The van der Waals surface area contributed by atoms with Gasteiger partial charge in [-0.25, -0.2) is 8.42 Å². The Balaban J connectivity index is 1.81. The van der Waals surface area contributed by atoms with Crippen LogP contribution in [0.3, 0.4) is 0 Å². The molecule has 10 heteroatoms. The molecule has 0 saturated heterocycles. The lowest BCUT2D eigenvalue weighted by Gasteiger charge is -2.34. The van der Waals surface area contributed by atoms with E-state index in [1.165, 1.54) is 35.2 Å². The maximum atomic E-state index is 14.4. The lowest BCUT2D eigenvalue weighted by molar-refractivity contribution is -0.140. The second kappa shape index (κ2) is 14.6. The molecule has 0 heterocycles. The van der Waals surface area contributed by atoms with Crippen LogP contribution < -0.4 is 9.62 Å². The van der Waals surface area contributed by atoms with Gasteiger partial charge in [-0.15, -0.1) is 0 Å². The first kappa shape index (κ1) is 32.1. The summed E-state index contributed by atoms with van der Waals surface area (Å²) in [5.74, 6) is -0.911. The molecule has 43 heavy (non-hydrogen) atoms. The normalized spacial score (nSPS) is 12.0. The summed E-state index contributed by atoms with van der Waals surface area (Å²) >= 11 is 12.5. The fraction of sp³-hybridized carbons (Fsp3) is 0.212. The van der Waals surface area contributed by atoms with Crippen molar-refractivity contribution in [1.82, 2.24) is 10.2 Å². The van der Waals surface area contributed by atoms with Crippen LogP contribution in [0.25, 0.3) is 0 Å². The van der Waals surface area contributed by atoms with Crippen LogP contribution in [0.1, 0.15) is 25.0 Å². The summed E-state index contributed by atoms with van der Waals surface area (Å²) in [5.41, 5.74) is 1.77. The van der Waals surface area contributed by atoms with Gasteiger partial charge in [0.15, 0.2) is 0 Å². The minimum Gasteiger partial charge on any atom is -0.352 e. The molecule has 0 radical (unpaired) electrons. The van der Waals surface area contributed by atoms with E-state index in [2.05, 4.69) is 5.32 Å². The van der Waals surface area contributed by atoms with Crippen LogP contribution >= 0.6 is 23.2 Å². The zero-order valence-electron chi connectivity index (χ0n) is 23.9. The first-order valence-electron chi connectivity index (χ1n) is 13.8. The number of amides is 2. The van der Waals surface area contributed by atoms with Crippen LogP contribution in [-0.2, 0) is 32.6 Å². The molecule has 4 aromatic carbocycles. The summed E-state index contributed by atoms with van der Waals surface area (Å²) in [6.45, 7) is 3.18. The van der Waals surface area contributed by atoms with E-state index in [-0.39, 0.29) is 45.5 Å². The largest absolute Gasteiger partial charge is 0.352 e. The quantitative estimate of drug-likeness (QED) is 0.196. The maximum absolute atomic E-state index is 14.4. The molecule has 4 rings (SSSR count). The van der Waals surface area contributed by atoms with Crippen LogP contribution in [0.2, 0.25) is 10.0 Å². The molecule has 224 valence electrons. The fourth-order valence-corrected chi connectivity index (χ4v) is 6.58. The third kappa shape index (κ3) is 8.60. The van der Waals surface area contributed by atoms with Gasteiger partial charge in [-0.1, -0.05) is 102 Å². The summed E-state index contributed by atoms with van der Waals surface area (Å²) in [7, 11) is -4.24. The molecule has 7 nitrogen and oxygen atoms in total. The Morgan fingerprint density at radius 1 is 0.767 bits per heavy atom. The predicted octanol–water partition coefficient (Wildman–Crippen LogP) is 6.35. The number of halogens is 2. The van der Waals surface area contributed by atoms with Crippen LogP contribution in [0, 0.1) is 0 Å². The van der Waals surface area contributed by atoms with Crippen LogP contribution in [0.15, 0.2) is 114 Å². The van der Waals surface area contributed by atoms with Crippen molar-refractivity contribution in [1.29, 1.82) is 0 Å². The Morgan fingerprint density at radius 3 is 1.81 bits per heavy atom. The number of anilines is 1. The van der Waals surface area contributed by atoms with E-state index in [1.54, 1.807) is 18.2 Å². The van der Waals surface area contributed by atoms with E-state index in [0.29, 0.717) is 0 Å². The van der Waals surface area contributed by atoms with Crippen molar-refractivity contribution in [3.8, 4) is 0 Å². The van der Waals surface area contributed by atoms with E-state index in [1.807, 2.05) is 74.5 Å². The zero-order valence-corrected chi connectivity index (χ0v) is 26.2. The topological polar surface area (TPSA) is 86.8 Å². The van der Waals surface area contributed by atoms with E-state index in [0.717, 1.165) is 15.4 Å². The number of hydrogen-bond acceptors (Lipinski definition) is 4. The van der Waals surface area contributed by atoms with Gasteiger partial charge in [0.25, 0.3) is 10.0 Å². The molecule has 0 aliphatic carbocycles. The van der Waals surface area contributed by atoms with Crippen molar-refractivity contribution in [2.75, 3.05) is 10.8 Å². The molecule has 0 fully saturated rings. The number of rotatable bonds is 12. The number of nitrogens with one attached hydrogen (secondary N) is 1. The number of hydrogen-bond donors (Lipinski definition) is 1. The number of nitrogens with zero attached hydrogens (tertiary/aromatic N) is 2. The standard InChI is InChI=1S/C33H33Cl2N3O4S/c1-24(2)36-33(40)31(18-25-12-6-3-7-13-25)37(22-26-14-8-4-9-15-26)32(39)23-38(29-20-27(34)19-28(35)21-29)43(41,42)30-16-10-5-11-17-30/h3-17,19-21,24,31H,18,22-23H2,1-2H3,(H,36,40). The van der Waals surface area contributed by atoms with Crippen molar-refractivity contribution < 1.29 is 18.0 Å². The van der Waals surface area contributed by atoms with Crippen molar-refractivity contribution in [2.24, 2.45) is 0 Å². The van der Waals surface area contributed by atoms with Crippen molar-refractivity contribution in [3.05, 3.63) is 130 Å². The average Bonchev–Trinajstić information content (AvgIpc) is 2.98. The monoisotopic (exact) mass is 637 g/mol. The van der Waals surface area contributed by atoms with Gasteiger partial charge in [-0.2, -0.15) is 0 Å². The van der Waals surface area contributed by atoms with Crippen molar-refractivity contribution in [2.45, 2.75) is 43.8 Å². The lowest BCUT2D eigenvalue weighted by Crippen LogP contribution is -2.54. The van der Waals surface area contributed by atoms with Crippen molar-refractivity contribution >= 4 is 50.7 Å². The average molecular weight is 639 g/mol. The number of carbonyl (C=O) groups excluding carboxylic acids is 2. The molecule has 4 aromatic rings. The van der Waals surface area contributed by atoms with Gasteiger partial charge in [0.1, 0.15) is 12.6 Å². The molecular formula is C33H33Cl2N3O4S. The van der Waals surface area contributed by atoms with E-state index in [4.69, 9.17) is 23.2 Å². The summed E-state index contributed by atoms with van der Waals surface area (Å²) in [6, 6.07) is 29.7. The van der Waals surface area contributed by atoms with Gasteiger partial charge >= 0.3 is 0 Å². The third-order valence-electron chi connectivity index (χ3n) is 6.64. The number of sulfonamides is 1. The molecule has 0 saturated carbocycles. The highest BCUT2D eigenvalue weighted by atomic mass is 35.5. The van der Waals surface area contributed by atoms with Gasteiger partial charge in [-0.05, 0) is 55.3 Å². The lowest BCUT2D eigenvalue weighted by atomic mass is 10.0. The maximum Gasteiger partial charge on any atom is 0.264 e. The SMILES string of the molecule is CC(C)NC(=O)C(Cc1ccccc1)N(Cc1ccccc1)C(=O)CN(c1cc(Cl)cc(Cl)c1)S(=O)(=O)c1ccccc1. The summed E-state index contributed by atoms with van der Waals surface area (Å²) < 4.78 is 29.0. The molecule has 0 aliphatic heterocycles. The highest BCUT2D eigenvalue weighted by Gasteiger charge is 2.35. The Bertz CT molecular complexity index is 1620. The number of carbonyl (C=O) groups is 2. The van der Waals surface area contributed by atoms with Gasteiger partial charge in [0.2, 0.25) is 11.8 Å². The van der Waals surface area contributed by atoms with Crippen molar-refractivity contribution in [3.63, 3.8) is 0 Å². The molecule has 1 N–H and O–H groups in total. The smallest absolute Gasteiger partial charge is 0.264 e. The van der Waals surface area contributed by atoms with E-state index >= 15 is 0 Å². The summed E-state index contributed by atoms with van der Waals surface area (Å²) in [4.78, 5) is 29.5. The molecule has 0 aromatic heterocycles. The molecule has 0 bridgehead atoms. The first-order chi connectivity index (χ1) is 20.5. The molecule has 0 spiro atoms. The highest BCUT2D eigenvalue weighted by molar-refractivity contribution is 7.92. The summed E-state index contributed by atoms with van der Waals surface area (Å²) in [5, 5.41) is 3.36. The Morgan fingerprint density at radius 2 is 1.28 bits per heavy atom. The molecule has 0 aliphatic rings. The van der Waals surface area contributed by atoms with E-state index < -0.39 is 28.5 Å². The van der Waals surface area contributed by atoms with Gasteiger partial charge in [0.05, 0.1) is 10.6 Å². The minimum atomic E-state index is -4.24. The molecule has 1 atom stereocenters. The first-order valence-corrected chi connectivity index (χ1v) is 16.0. The fourth-order valence-electron chi connectivity index (χ4n) is 4.65. The van der Waals surface area contributed by atoms with Gasteiger partial charge in [0, 0.05) is 29.1 Å². The molecular weight excluding hydrogens is 605 g/mol. The van der Waals surface area contributed by atoms with E-state index in [9.17, 15) is 18.0 Å².